The fourth-order valence-corrected chi connectivity index (χ4v) is 2.56. The Labute approximate surface area is 129 Å². The molecular weight excluding hydrogens is 372 g/mol. The van der Waals surface area contributed by atoms with Crippen molar-refractivity contribution in [3.05, 3.63) is 62.5 Å². The normalized spacial score (nSPS) is 10.3. The molecule has 4 heteroatoms. The highest BCUT2D eigenvalue weighted by Crippen LogP contribution is 2.23. The van der Waals surface area contributed by atoms with Crippen molar-refractivity contribution in [3.8, 4) is 5.75 Å². The molecule has 2 nitrogen and oxygen atoms in total. The van der Waals surface area contributed by atoms with Crippen LogP contribution in [0.5, 0.6) is 5.75 Å². The van der Waals surface area contributed by atoms with E-state index in [1.807, 2.05) is 42.5 Å². The van der Waals surface area contributed by atoms with Crippen LogP contribution in [0, 0.1) is 0 Å². The number of ether oxygens (including phenoxy) is 1. The number of hydrogen-bond donors (Lipinski definition) is 0. The summed E-state index contributed by atoms with van der Waals surface area (Å²) in [6, 6.07) is 13.1. The second-order valence-corrected chi connectivity index (χ2v) is 5.84. The summed E-state index contributed by atoms with van der Waals surface area (Å²) < 4.78 is 6.81. The predicted molar refractivity (Wildman–Crippen MR) is 82.9 cm³/mol. The molecule has 0 aromatic heterocycles. The van der Waals surface area contributed by atoms with Gasteiger partial charge in [-0.25, -0.2) is 0 Å². The lowest BCUT2D eigenvalue weighted by atomic mass is 10.0. The first-order chi connectivity index (χ1) is 9.10. The van der Waals surface area contributed by atoms with E-state index < -0.39 is 0 Å². The Kier molecular flexibility index (Phi) is 4.77. The number of methoxy groups -OCH3 is 1. The summed E-state index contributed by atoms with van der Waals surface area (Å²) in [5.41, 5.74) is 1.66. The Morgan fingerprint density at radius 2 is 1.79 bits per heavy atom. The summed E-state index contributed by atoms with van der Waals surface area (Å²) in [6.45, 7) is 0. The molecule has 0 aliphatic rings. The van der Waals surface area contributed by atoms with E-state index in [2.05, 4.69) is 31.9 Å². The molecule has 0 saturated heterocycles. The van der Waals surface area contributed by atoms with Crippen molar-refractivity contribution in [2.24, 2.45) is 0 Å². The van der Waals surface area contributed by atoms with E-state index in [0.29, 0.717) is 12.0 Å². The molecule has 19 heavy (non-hydrogen) atoms. The first-order valence-corrected chi connectivity index (χ1v) is 7.30. The van der Waals surface area contributed by atoms with Crippen LogP contribution in [0.3, 0.4) is 0 Å². The summed E-state index contributed by atoms with van der Waals surface area (Å²) in [6.07, 6.45) is 0.374. The van der Waals surface area contributed by atoms with Gasteiger partial charge >= 0.3 is 0 Å². The molecule has 98 valence electrons. The van der Waals surface area contributed by atoms with Gasteiger partial charge in [0.2, 0.25) is 0 Å². The van der Waals surface area contributed by atoms with Crippen molar-refractivity contribution in [3.63, 3.8) is 0 Å². The monoisotopic (exact) mass is 382 g/mol. The molecule has 0 amide bonds. The largest absolute Gasteiger partial charge is 0.497 e. The number of Topliss-reactive ketones (excluding diaryl/α,β-unsaturated/α-hetero) is 1. The number of benzene rings is 2. The van der Waals surface area contributed by atoms with E-state index in [0.717, 1.165) is 20.3 Å². The second kappa shape index (κ2) is 6.35. The first-order valence-electron chi connectivity index (χ1n) is 5.71. The number of ketones is 1. The van der Waals surface area contributed by atoms with Crippen LogP contribution in [0.1, 0.15) is 15.9 Å². The van der Waals surface area contributed by atoms with Gasteiger partial charge in [-0.2, -0.15) is 0 Å². The highest BCUT2D eigenvalue weighted by Gasteiger charge is 2.11. The van der Waals surface area contributed by atoms with Gasteiger partial charge in [0.1, 0.15) is 5.75 Å². The van der Waals surface area contributed by atoms with E-state index in [4.69, 9.17) is 4.74 Å². The van der Waals surface area contributed by atoms with Crippen LogP contribution in [-0.4, -0.2) is 12.9 Å². The van der Waals surface area contributed by atoms with Crippen molar-refractivity contribution >= 4 is 37.6 Å². The maximum Gasteiger partial charge on any atom is 0.168 e. The molecule has 2 aromatic rings. The summed E-state index contributed by atoms with van der Waals surface area (Å²) >= 11 is 6.78. The zero-order valence-corrected chi connectivity index (χ0v) is 13.5. The third kappa shape index (κ3) is 3.67. The molecule has 0 N–H and O–H groups in total. The van der Waals surface area contributed by atoms with Gasteiger partial charge in [-0.3, -0.25) is 4.79 Å². The summed E-state index contributed by atoms with van der Waals surface area (Å²) in [4.78, 5) is 12.3. The molecule has 2 aromatic carbocycles. The number of rotatable bonds is 4. The molecule has 0 spiro atoms. The van der Waals surface area contributed by atoms with E-state index >= 15 is 0 Å². The molecule has 0 aliphatic heterocycles. The van der Waals surface area contributed by atoms with E-state index in [9.17, 15) is 4.79 Å². The Bertz CT molecular complexity index is 592. The molecule has 2 rings (SSSR count). The molecule has 0 atom stereocenters. The van der Waals surface area contributed by atoms with E-state index in [-0.39, 0.29) is 5.78 Å². The third-order valence-corrected chi connectivity index (χ3v) is 3.94. The van der Waals surface area contributed by atoms with Gasteiger partial charge in [-0.05, 0) is 35.9 Å². The SMILES string of the molecule is COc1ccc(CC(=O)c2cc(Br)ccc2Br)cc1. The average molecular weight is 384 g/mol. The van der Waals surface area contributed by atoms with Crippen LogP contribution < -0.4 is 4.74 Å². The number of halogens is 2. The molecule has 0 fully saturated rings. The molecule has 0 unspecified atom stereocenters. The zero-order valence-electron chi connectivity index (χ0n) is 10.3. The van der Waals surface area contributed by atoms with Crippen LogP contribution in [0.15, 0.2) is 51.4 Å². The van der Waals surface area contributed by atoms with Crippen molar-refractivity contribution < 1.29 is 9.53 Å². The number of carbonyl (C=O) groups is 1. The molecule has 0 aliphatic carbocycles. The van der Waals surface area contributed by atoms with Gasteiger partial charge in [-0.15, -0.1) is 0 Å². The van der Waals surface area contributed by atoms with Gasteiger partial charge in [0.25, 0.3) is 0 Å². The maximum atomic E-state index is 12.3. The number of hydrogen-bond acceptors (Lipinski definition) is 2. The van der Waals surface area contributed by atoms with E-state index in [1.165, 1.54) is 0 Å². The smallest absolute Gasteiger partial charge is 0.168 e. The highest BCUT2D eigenvalue weighted by atomic mass is 79.9. The molecular formula is C15H12Br2O2. The van der Waals surface area contributed by atoms with Gasteiger partial charge in [0, 0.05) is 20.9 Å². The van der Waals surface area contributed by atoms with E-state index in [1.54, 1.807) is 7.11 Å². The molecule has 0 radical (unpaired) electrons. The fourth-order valence-electron chi connectivity index (χ4n) is 1.74. The standard InChI is InChI=1S/C15H12Br2O2/c1-19-12-5-2-10(3-6-12)8-15(18)13-9-11(16)4-7-14(13)17/h2-7,9H,8H2,1H3. The minimum atomic E-state index is 0.0818. The lowest BCUT2D eigenvalue weighted by Crippen LogP contribution is -2.04. The van der Waals surface area contributed by atoms with Gasteiger partial charge in [-0.1, -0.05) is 44.0 Å². The quantitative estimate of drug-likeness (QED) is 0.718. The molecule has 0 saturated carbocycles. The highest BCUT2D eigenvalue weighted by molar-refractivity contribution is 9.11. The lowest BCUT2D eigenvalue weighted by molar-refractivity contribution is 0.0992. The second-order valence-electron chi connectivity index (χ2n) is 4.07. The summed E-state index contributed by atoms with van der Waals surface area (Å²) in [5, 5.41) is 0. The predicted octanol–water partition coefficient (Wildman–Crippen LogP) is 4.65. The van der Waals surface area contributed by atoms with Crippen molar-refractivity contribution in [2.45, 2.75) is 6.42 Å². The molecule has 0 bridgehead atoms. The third-order valence-electron chi connectivity index (χ3n) is 2.75. The zero-order chi connectivity index (χ0) is 13.8. The van der Waals surface area contributed by atoms with Crippen molar-refractivity contribution in [1.82, 2.24) is 0 Å². The average Bonchev–Trinajstić information content (AvgIpc) is 2.42. The fraction of sp³-hybridized carbons (Fsp3) is 0.133. The Balaban J connectivity index is 2.18. The summed E-state index contributed by atoms with van der Waals surface area (Å²) in [5.74, 6) is 0.873. The van der Waals surface area contributed by atoms with Crippen LogP contribution in [0.2, 0.25) is 0 Å². The maximum absolute atomic E-state index is 12.3. The Morgan fingerprint density at radius 3 is 2.42 bits per heavy atom. The molecule has 0 heterocycles. The van der Waals surface area contributed by atoms with Crippen molar-refractivity contribution in [1.29, 1.82) is 0 Å². The van der Waals surface area contributed by atoms with Crippen molar-refractivity contribution in [2.75, 3.05) is 7.11 Å². The number of carbonyl (C=O) groups excluding carboxylic acids is 1. The van der Waals surface area contributed by atoms with Gasteiger partial charge in [0.05, 0.1) is 7.11 Å². The first kappa shape index (κ1) is 14.3. The van der Waals surface area contributed by atoms with Gasteiger partial charge < -0.3 is 4.74 Å². The minimum Gasteiger partial charge on any atom is -0.497 e. The minimum absolute atomic E-state index is 0.0818. The van der Waals surface area contributed by atoms with Crippen LogP contribution in [-0.2, 0) is 6.42 Å². The Hall–Kier alpha value is -1.13. The van der Waals surface area contributed by atoms with Crippen LogP contribution in [0.25, 0.3) is 0 Å². The summed E-state index contributed by atoms with van der Waals surface area (Å²) in [7, 11) is 1.62. The lowest BCUT2D eigenvalue weighted by Gasteiger charge is -2.06. The topological polar surface area (TPSA) is 26.3 Å². The Morgan fingerprint density at radius 1 is 1.11 bits per heavy atom. The van der Waals surface area contributed by atoms with Crippen LogP contribution in [0.4, 0.5) is 0 Å². The van der Waals surface area contributed by atoms with Crippen LogP contribution >= 0.6 is 31.9 Å². The van der Waals surface area contributed by atoms with Gasteiger partial charge in [0.15, 0.2) is 5.78 Å².